The van der Waals surface area contributed by atoms with Crippen molar-refractivity contribution in [2.24, 2.45) is 0 Å². The minimum atomic E-state index is -0.102. The van der Waals surface area contributed by atoms with E-state index in [2.05, 4.69) is 10.6 Å². The topological polar surface area (TPSA) is 61.4 Å². The molecule has 0 aliphatic carbocycles. The summed E-state index contributed by atoms with van der Waals surface area (Å²) in [6.07, 6.45) is 1.27. The Labute approximate surface area is 125 Å². The van der Waals surface area contributed by atoms with Crippen molar-refractivity contribution in [3.05, 3.63) is 29.8 Å². The summed E-state index contributed by atoms with van der Waals surface area (Å²) in [5.41, 5.74) is 2.16. The molecule has 5 nitrogen and oxygen atoms in total. The molecule has 1 aliphatic rings. The fraction of sp³-hybridized carbons (Fsp3) is 0.429. The first-order valence-electron chi connectivity index (χ1n) is 6.52. The Kier molecular flexibility index (Phi) is 6.48. The van der Waals surface area contributed by atoms with E-state index in [1.54, 1.807) is 11.9 Å². The fourth-order valence-corrected chi connectivity index (χ4v) is 2.19. The number of nitrogens with zero attached hydrogens (tertiary/aromatic N) is 1. The second kappa shape index (κ2) is 7.87. The number of carbonyl (C=O) groups excluding carboxylic acids is 2. The lowest BCUT2D eigenvalue weighted by atomic mass is 10.2. The maximum Gasteiger partial charge on any atom is 0.246 e. The highest BCUT2D eigenvalue weighted by atomic mass is 35.5. The molecular formula is C14H20ClN3O2. The van der Waals surface area contributed by atoms with Gasteiger partial charge in [0.2, 0.25) is 11.8 Å². The highest BCUT2D eigenvalue weighted by Gasteiger charge is 2.23. The summed E-state index contributed by atoms with van der Waals surface area (Å²) in [7, 11) is 1.79. The number of hydrogen-bond donors (Lipinski definition) is 2. The summed E-state index contributed by atoms with van der Waals surface area (Å²) in [5, 5.41) is 5.55. The van der Waals surface area contributed by atoms with E-state index >= 15 is 0 Å². The highest BCUT2D eigenvalue weighted by molar-refractivity contribution is 5.98. The van der Waals surface area contributed by atoms with Crippen molar-refractivity contribution in [2.45, 2.75) is 12.8 Å². The quantitative estimate of drug-likeness (QED) is 0.842. The van der Waals surface area contributed by atoms with Crippen LogP contribution in [0.15, 0.2) is 24.3 Å². The van der Waals surface area contributed by atoms with Gasteiger partial charge in [-0.25, -0.2) is 0 Å². The number of halogens is 1. The number of anilines is 1. The molecule has 2 N–H and O–H groups in total. The molecule has 0 bridgehead atoms. The molecule has 0 atom stereocenters. The van der Waals surface area contributed by atoms with Crippen molar-refractivity contribution >= 4 is 29.9 Å². The van der Waals surface area contributed by atoms with Gasteiger partial charge in [0.1, 0.15) is 0 Å². The summed E-state index contributed by atoms with van der Waals surface area (Å²) < 4.78 is 0. The standard InChI is InChI=1S/C14H19N3O2.ClH/c1-15-8-6-13(18)16-10-14(19)17-9-7-11-4-2-3-5-12(11)17;/h2-5,15H,6-10H2,1H3,(H,16,18);1H. The molecule has 20 heavy (non-hydrogen) atoms. The lowest BCUT2D eigenvalue weighted by molar-refractivity contribution is -0.124. The molecule has 0 saturated heterocycles. The van der Waals surface area contributed by atoms with Gasteiger partial charge in [-0.2, -0.15) is 0 Å². The van der Waals surface area contributed by atoms with Gasteiger partial charge in [-0.1, -0.05) is 18.2 Å². The Balaban J connectivity index is 0.00000200. The number of benzene rings is 1. The molecule has 6 heteroatoms. The second-order valence-corrected chi connectivity index (χ2v) is 4.55. The Morgan fingerprint density at radius 1 is 1.30 bits per heavy atom. The van der Waals surface area contributed by atoms with Gasteiger partial charge in [-0.3, -0.25) is 9.59 Å². The van der Waals surface area contributed by atoms with Gasteiger partial charge in [0.05, 0.1) is 6.54 Å². The van der Waals surface area contributed by atoms with E-state index in [-0.39, 0.29) is 30.8 Å². The normalized spacial score (nSPS) is 12.6. The number of amides is 2. The molecule has 2 amide bonds. The van der Waals surface area contributed by atoms with Gasteiger partial charge in [-0.15, -0.1) is 12.4 Å². The molecule has 1 aromatic rings. The van der Waals surface area contributed by atoms with Crippen molar-refractivity contribution < 1.29 is 9.59 Å². The van der Waals surface area contributed by atoms with Crippen LogP contribution < -0.4 is 15.5 Å². The number of rotatable bonds is 5. The Morgan fingerprint density at radius 3 is 2.80 bits per heavy atom. The van der Waals surface area contributed by atoms with E-state index in [1.165, 1.54) is 5.56 Å². The van der Waals surface area contributed by atoms with Gasteiger partial charge < -0.3 is 15.5 Å². The minimum absolute atomic E-state index is 0. The summed E-state index contributed by atoms with van der Waals surface area (Å²) in [5.74, 6) is -0.155. The molecule has 0 aromatic heterocycles. The first kappa shape index (κ1) is 16.5. The predicted octanol–water partition coefficient (Wildman–Crippen LogP) is 0.723. The number of carbonyl (C=O) groups is 2. The van der Waals surface area contributed by atoms with Gasteiger partial charge in [0.25, 0.3) is 0 Å². The van der Waals surface area contributed by atoms with Crippen LogP contribution in [0.4, 0.5) is 5.69 Å². The third-order valence-corrected chi connectivity index (χ3v) is 3.23. The number of hydrogen-bond acceptors (Lipinski definition) is 3. The lowest BCUT2D eigenvalue weighted by Gasteiger charge is -2.17. The second-order valence-electron chi connectivity index (χ2n) is 4.55. The molecular weight excluding hydrogens is 278 g/mol. The van der Waals surface area contributed by atoms with E-state index in [0.717, 1.165) is 12.1 Å². The van der Waals surface area contributed by atoms with Crippen molar-refractivity contribution in [1.82, 2.24) is 10.6 Å². The van der Waals surface area contributed by atoms with E-state index in [1.807, 2.05) is 24.3 Å². The number of nitrogens with one attached hydrogen (secondary N) is 2. The first-order chi connectivity index (χ1) is 9.22. The van der Waals surface area contributed by atoms with Crippen LogP contribution in [0.5, 0.6) is 0 Å². The zero-order valence-corrected chi connectivity index (χ0v) is 12.3. The van der Waals surface area contributed by atoms with Crippen LogP contribution in [-0.4, -0.2) is 38.5 Å². The average Bonchev–Trinajstić information content (AvgIpc) is 2.86. The summed E-state index contributed by atoms with van der Waals surface area (Å²) in [6, 6.07) is 7.89. The Morgan fingerprint density at radius 2 is 2.05 bits per heavy atom. The maximum atomic E-state index is 12.1. The molecule has 0 saturated carbocycles. The zero-order valence-electron chi connectivity index (χ0n) is 11.5. The molecule has 110 valence electrons. The van der Waals surface area contributed by atoms with Crippen molar-refractivity contribution in [1.29, 1.82) is 0 Å². The van der Waals surface area contributed by atoms with E-state index < -0.39 is 0 Å². The average molecular weight is 298 g/mol. The van der Waals surface area contributed by atoms with Gasteiger partial charge in [-0.05, 0) is 25.1 Å². The third-order valence-electron chi connectivity index (χ3n) is 3.23. The van der Waals surface area contributed by atoms with Crippen LogP contribution in [-0.2, 0) is 16.0 Å². The summed E-state index contributed by atoms with van der Waals surface area (Å²) >= 11 is 0. The zero-order chi connectivity index (χ0) is 13.7. The van der Waals surface area contributed by atoms with Crippen LogP contribution in [0, 0.1) is 0 Å². The molecule has 2 rings (SSSR count). The first-order valence-corrected chi connectivity index (χ1v) is 6.52. The lowest BCUT2D eigenvalue weighted by Crippen LogP contribution is -2.39. The van der Waals surface area contributed by atoms with Crippen LogP contribution in [0.25, 0.3) is 0 Å². The van der Waals surface area contributed by atoms with E-state index in [0.29, 0.717) is 19.5 Å². The van der Waals surface area contributed by atoms with Crippen LogP contribution in [0.1, 0.15) is 12.0 Å². The molecule has 1 aliphatic heterocycles. The minimum Gasteiger partial charge on any atom is -0.347 e. The Hall–Kier alpha value is -1.59. The number of para-hydroxylation sites is 1. The van der Waals surface area contributed by atoms with Crippen LogP contribution in [0.3, 0.4) is 0 Å². The SMILES string of the molecule is CNCCC(=O)NCC(=O)N1CCc2ccccc21.Cl. The molecule has 0 spiro atoms. The van der Waals surface area contributed by atoms with Gasteiger partial charge in [0.15, 0.2) is 0 Å². The monoisotopic (exact) mass is 297 g/mol. The van der Waals surface area contributed by atoms with Crippen molar-refractivity contribution in [3.8, 4) is 0 Å². The van der Waals surface area contributed by atoms with Crippen LogP contribution >= 0.6 is 12.4 Å². The maximum absolute atomic E-state index is 12.1. The van der Waals surface area contributed by atoms with Crippen molar-refractivity contribution in [2.75, 3.05) is 31.6 Å². The smallest absolute Gasteiger partial charge is 0.246 e. The van der Waals surface area contributed by atoms with E-state index in [4.69, 9.17) is 0 Å². The number of fused-ring (bicyclic) bond motifs is 1. The van der Waals surface area contributed by atoms with Crippen LogP contribution in [0.2, 0.25) is 0 Å². The Bertz CT molecular complexity index is 479. The predicted molar refractivity (Wildman–Crippen MR) is 81.3 cm³/mol. The molecule has 1 heterocycles. The van der Waals surface area contributed by atoms with Gasteiger partial charge >= 0.3 is 0 Å². The third kappa shape index (κ3) is 3.95. The van der Waals surface area contributed by atoms with Crippen molar-refractivity contribution in [3.63, 3.8) is 0 Å². The summed E-state index contributed by atoms with van der Waals surface area (Å²) in [6.45, 7) is 1.38. The van der Waals surface area contributed by atoms with Gasteiger partial charge in [0, 0.05) is 25.2 Å². The fourth-order valence-electron chi connectivity index (χ4n) is 2.19. The molecule has 0 radical (unpaired) electrons. The molecule has 0 unspecified atom stereocenters. The highest BCUT2D eigenvalue weighted by Crippen LogP contribution is 2.27. The largest absolute Gasteiger partial charge is 0.347 e. The van der Waals surface area contributed by atoms with E-state index in [9.17, 15) is 9.59 Å². The summed E-state index contributed by atoms with van der Waals surface area (Å²) in [4.78, 5) is 25.3. The molecule has 1 aromatic carbocycles. The molecule has 0 fully saturated rings.